The number of aromatic nitrogens is 1. The molecule has 0 saturated heterocycles. The van der Waals surface area contributed by atoms with Crippen molar-refractivity contribution < 1.29 is 9.18 Å². The van der Waals surface area contributed by atoms with E-state index in [9.17, 15) is 9.18 Å². The molecule has 1 aromatic heterocycles. The fraction of sp³-hybridized carbons (Fsp3) is 0.333. The van der Waals surface area contributed by atoms with Gasteiger partial charge in [-0.2, -0.15) is 0 Å². The summed E-state index contributed by atoms with van der Waals surface area (Å²) in [6.07, 6.45) is 0.272. The molecule has 0 aliphatic rings. The van der Waals surface area contributed by atoms with E-state index >= 15 is 0 Å². The van der Waals surface area contributed by atoms with Crippen molar-refractivity contribution >= 4 is 28.1 Å². The molecule has 6 heteroatoms. The summed E-state index contributed by atoms with van der Waals surface area (Å²) in [6.45, 7) is 4.77. The van der Waals surface area contributed by atoms with Crippen molar-refractivity contribution in [3.8, 4) is 0 Å². The first-order chi connectivity index (χ1) is 10.0. The Kier molecular flexibility index (Phi) is 5.27. The quantitative estimate of drug-likeness (QED) is 0.860. The molecule has 0 fully saturated rings. The van der Waals surface area contributed by atoms with Crippen LogP contribution in [0.4, 0.5) is 15.2 Å². The third kappa shape index (κ3) is 5.15. The number of amides is 1. The van der Waals surface area contributed by atoms with Gasteiger partial charge in [0.2, 0.25) is 5.91 Å². The number of thiazole rings is 1. The highest BCUT2D eigenvalue weighted by atomic mass is 32.1. The van der Waals surface area contributed by atoms with Crippen molar-refractivity contribution in [3.05, 3.63) is 41.2 Å². The van der Waals surface area contributed by atoms with Crippen LogP contribution in [0.15, 0.2) is 29.6 Å². The zero-order valence-electron chi connectivity index (χ0n) is 12.0. The maximum atomic E-state index is 12.8. The Morgan fingerprint density at radius 1 is 1.33 bits per heavy atom. The van der Waals surface area contributed by atoms with Gasteiger partial charge in [0.1, 0.15) is 5.82 Å². The lowest BCUT2D eigenvalue weighted by atomic mass is 10.2. The second-order valence-corrected chi connectivity index (χ2v) is 6.01. The Labute approximate surface area is 127 Å². The van der Waals surface area contributed by atoms with Crippen molar-refractivity contribution in [2.45, 2.75) is 20.3 Å². The fourth-order valence-electron chi connectivity index (χ4n) is 1.65. The summed E-state index contributed by atoms with van der Waals surface area (Å²) in [7, 11) is 0. The van der Waals surface area contributed by atoms with E-state index < -0.39 is 0 Å². The summed E-state index contributed by atoms with van der Waals surface area (Å²) in [5.74, 6) is 0.129. The molecular weight excluding hydrogens is 289 g/mol. The zero-order chi connectivity index (χ0) is 15.2. The van der Waals surface area contributed by atoms with Crippen LogP contribution in [-0.4, -0.2) is 17.4 Å². The van der Waals surface area contributed by atoms with Crippen LogP contribution in [0.5, 0.6) is 0 Å². The number of hydrogen-bond donors (Lipinski definition) is 2. The van der Waals surface area contributed by atoms with E-state index in [4.69, 9.17) is 0 Å². The van der Waals surface area contributed by atoms with Crippen molar-refractivity contribution in [3.63, 3.8) is 0 Å². The predicted octanol–water partition coefficient (Wildman–Crippen LogP) is 3.34. The van der Waals surface area contributed by atoms with Crippen molar-refractivity contribution in [2.24, 2.45) is 5.92 Å². The van der Waals surface area contributed by atoms with Gasteiger partial charge >= 0.3 is 0 Å². The topological polar surface area (TPSA) is 54.0 Å². The van der Waals surface area contributed by atoms with Gasteiger partial charge in [0, 0.05) is 17.6 Å². The van der Waals surface area contributed by atoms with Crippen molar-refractivity contribution in [1.29, 1.82) is 0 Å². The van der Waals surface area contributed by atoms with Gasteiger partial charge in [-0.1, -0.05) is 13.8 Å². The molecule has 0 spiro atoms. The maximum absolute atomic E-state index is 12.8. The third-order valence-electron chi connectivity index (χ3n) is 2.70. The minimum atomic E-state index is -0.276. The number of rotatable bonds is 6. The normalized spacial score (nSPS) is 10.7. The van der Waals surface area contributed by atoms with E-state index in [2.05, 4.69) is 15.6 Å². The SMILES string of the molecule is CC(C)CNC(=O)Cc1csc(Nc2ccc(F)cc2)n1. The maximum Gasteiger partial charge on any atom is 0.226 e. The average Bonchev–Trinajstić information content (AvgIpc) is 2.86. The molecule has 21 heavy (non-hydrogen) atoms. The van der Waals surface area contributed by atoms with Gasteiger partial charge in [-0.3, -0.25) is 4.79 Å². The molecule has 0 saturated carbocycles. The van der Waals surface area contributed by atoms with E-state index in [1.165, 1.54) is 23.5 Å². The molecule has 0 aliphatic heterocycles. The van der Waals surface area contributed by atoms with Gasteiger partial charge in [-0.15, -0.1) is 11.3 Å². The van der Waals surface area contributed by atoms with Gasteiger partial charge in [-0.25, -0.2) is 9.37 Å². The van der Waals surface area contributed by atoms with Gasteiger partial charge < -0.3 is 10.6 Å². The lowest BCUT2D eigenvalue weighted by Crippen LogP contribution is -2.28. The Balaban J connectivity index is 1.89. The molecule has 0 aliphatic carbocycles. The van der Waals surface area contributed by atoms with E-state index in [-0.39, 0.29) is 18.1 Å². The number of anilines is 2. The number of carbonyl (C=O) groups excluding carboxylic acids is 1. The molecule has 1 amide bonds. The summed E-state index contributed by atoms with van der Waals surface area (Å²) >= 11 is 1.42. The molecule has 0 bridgehead atoms. The van der Waals surface area contributed by atoms with Crippen LogP contribution in [0.1, 0.15) is 19.5 Å². The van der Waals surface area contributed by atoms with Crippen LogP contribution in [-0.2, 0) is 11.2 Å². The standard InChI is InChI=1S/C15H18FN3OS/c1-10(2)8-17-14(20)7-13-9-21-15(19-13)18-12-5-3-11(16)4-6-12/h3-6,9-10H,7-8H2,1-2H3,(H,17,20)(H,18,19). The van der Waals surface area contributed by atoms with Crippen LogP contribution in [0.25, 0.3) is 0 Å². The monoisotopic (exact) mass is 307 g/mol. The molecule has 1 heterocycles. The predicted molar refractivity (Wildman–Crippen MR) is 83.3 cm³/mol. The van der Waals surface area contributed by atoms with Gasteiger partial charge in [0.05, 0.1) is 12.1 Å². The second kappa shape index (κ2) is 7.17. The Hall–Kier alpha value is -1.95. The second-order valence-electron chi connectivity index (χ2n) is 5.15. The third-order valence-corrected chi connectivity index (χ3v) is 3.50. The van der Waals surface area contributed by atoms with E-state index in [0.717, 1.165) is 11.4 Å². The van der Waals surface area contributed by atoms with Crippen LogP contribution < -0.4 is 10.6 Å². The van der Waals surface area contributed by atoms with Crippen molar-refractivity contribution in [2.75, 3.05) is 11.9 Å². The molecule has 2 aromatic rings. The first-order valence-electron chi connectivity index (χ1n) is 6.76. The number of benzene rings is 1. The summed E-state index contributed by atoms with van der Waals surface area (Å²) < 4.78 is 12.8. The highest BCUT2D eigenvalue weighted by Crippen LogP contribution is 2.21. The van der Waals surface area contributed by atoms with Crippen molar-refractivity contribution in [1.82, 2.24) is 10.3 Å². The Morgan fingerprint density at radius 2 is 2.05 bits per heavy atom. The average molecular weight is 307 g/mol. The van der Waals surface area contributed by atoms with E-state index in [1.807, 2.05) is 19.2 Å². The fourth-order valence-corrected chi connectivity index (χ4v) is 2.38. The number of hydrogen-bond acceptors (Lipinski definition) is 4. The van der Waals surface area contributed by atoms with E-state index in [1.54, 1.807) is 12.1 Å². The summed E-state index contributed by atoms with van der Waals surface area (Å²) in [4.78, 5) is 16.1. The van der Waals surface area contributed by atoms with Gasteiger partial charge in [-0.05, 0) is 30.2 Å². The number of halogens is 1. The Morgan fingerprint density at radius 3 is 2.71 bits per heavy atom. The zero-order valence-corrected chi connectivity index (χ0v) is 12.8. The highest BCUT2D eigenvalue weighted by molar-refractivity contribution is 7.13. The van der Waals surface area contributed by atoms with Crippen LogP contribution in [0, 0.1) is 11.7 Å². The van der Waals surface area contributed by atoms with Gasteiger partial charge in [0.25, 0.3) is 0 Å². The first-order valence-corrected chi connectivity index (χ1v) is 7.64. The lowest BCUT2D eigenvalue weighted by Gasteiger charge is -2.06. The van der Waals surface area contributed by atoms with Gasteiger partial charge in [0.15, 0.2) is 5.13 Å². The summed E-state index contributed by atoms with van der Waals surface area (Å²) in [5.41, 5.74) is 1.49. The summed E-state index contributed by atoms with van der Waals surface area (Å²) in [6, 6.07) is 6.06. The number of nitrogens with one attached hydrogen (secondary N) is 2. The molecule has 2 N–H and O–H groups in total. The number of carbonyl (C=O) groups is 1. The minimum absolute atomic E-state index is 0.0256. The Bertz CT molecular complexity index is 595. The van der Waals surface area contributed by atoms with Crippen LogP contribution in [0.3, 0.4) is 0 Å². The molecule has 1 aromatic carbocycles. The molecule has 0 unspecified atom stereocenters. The lowest BCUT2D eigenvalue weighted by molar-refractivity contribution is -0.120. The number of nitrogens with zero attached hydrogens (tertiary/aromatic N) is 1. The molecule has 112 valence electrons. The molecule has 0 radical (unpaired) electrons. The van der Waals surface area contributed by atoms with Crippen LogP contribution in [0.2, 0.25) is 0 Å². The smallest absolute Gasteiger partial charge is 0.226 e. The molecule has 0 atom stereocenters. The summed E-state index contributed by atoms with van der Waals surface area (Å²) in [5, 5.41) is 8.48. The van der Waals surface area contributed by atoms with E-state index in [0.29, 0.717) is 17.6 Å². The minimum Gasteiger partial charge on any atom is -0.356 e. The first kappa shape index (κ1) is 15.4. The molecule has 4 nitrogen and oxygen atoms in total. The largest absolute Gasteiger partial charge is 0.356 e. The highest BCUT2D eigenvalue weighted by Gasteiger charge is 2.08. The van der Waals surface area contributed by atoms with Crippen LogP contribution >= 0.6 is 11.3 Å². The molecule has 2 rings (SSSR count). The molecular formula is C15H18FN3OS.